The highest BCUT2D eigenvalue weighted by molar-refractivity contribution is 7.13. The minimum Gasteiger partial charge on any atom is -0.337 e. The summed E-state index contributed by atoms with van der Waals surface area (Å²) >= 11 is 13.7. The number of amides is 1. The number of hydrogen-bond acceptors (Lipinski definition) is 4. The second-order valence-electron chi connectivity index (χ2n) is 6.16. The highest BCUT2D eigenvalue weighted by Gasteiger charge is 2.29. The van der Waals surface area contributed by atoms with E-state index >= 15 is 0 Å². The summed E-state index contributed by atoms with van der Waals surface area (Å²) in [4.78, 5) is 23.3. The lowest BCUT2D eigenvalue weighted by atomic mass is 10.0. The fourth-order valence-electron chi connectivity index (χ4n) is 3.16. The Hall–Kier alpha value is -1.95. The fourth-order valence-corrected chi connectivity index (χ4v) is 4.43. The summed E-state index contributed by atoms with van der Waals surface area (Å²) in [5, 5.41) is 3.42. The predicted molar refractivity (Wildman–Crippen MR) is 105 cm³/mol. The third-order valence-electron chi connectivity index (χ3n) is 4.54. The number of thiazole rings is 1. The summed E-state index contributed by atoms with van der Waals surface area (Å²) in [6, 6.07) is 9.41. The van der Waals surface area contributed by atoms with Gasteiger partial charge in [-0.05, 0) is 24.1 Å². The largest absolute Gasteiger partial charge is 0.337 e. The lowest BCUT2D eigenvalue weighted by molar-refractivity contribution is 0.0786. The van der Waals surface area contributed by atoms with Gasteiger partial charge in [0.15, 0.2) is 0 Å². The number of hydrogen-bond donors (Lipinski definition) is 0. The molecule has 1 aliphatic heterocycles. The van der Waals surface area contributed by atoms with Gasteiger partial charge in [-0.1, -0.05) is 41.4 Å². The number of aromatic nitrogens is 2. The quantitative estimate of drug-likeness (QED) is 0.607. The van der Waals surface area contributed by atoms with Gasteiger partial charge >= 0.3 is 0 Å². The number of carbonyl (C=O) groups excluding carboxylic acids is 1. The van der Waals surface area contributed by atoms with Gasteiger partial charge in [0.1, 0.15) is 10.7 Å². The Morgan fingerprint density at radius 1 is 1.23 bits per heavy atom. The molecule has 1 aromatic carbocycles. The third-order valence-corrected chi connectivity index (χ3v) is 6.23. The minimum atomic E-state index is -0.0444. The molecular weight excluding hydrogens is 389 g/mol. The van der Waals surface area contributed by atoms with Crippen LogP contribution in [0.1, 0.15) is 28.4 Å². The van der Waals surface area contributed by atoms with Crippen LogP contribution in [-0.2, 0) is 0 Å². The van der Waals surface area contributed by atoms with E-state index in [2.05, 4.69) is 16.0 Å². The van der Waals surface area contributed by atoms with Crippen LogP contribution < -0.4 is 0 Å². The molecule has 1 fully saturated rings. The second-order valence-corrected chi connectivity index (χ2v) is 7.81. The number of pyridine rings is 1. The van der Waals surface area contributed by atoms with Crippen LogP contribution in [0.4, 0.5) is 0 Å². The van der Waals surface area contributed by atoms with Gasteiger partial charge < -0.3 is 4.90 Å². The van der Waals surface area contributed by atoms with Crippen LogP contribution in [0.3, 0.4) is 0 Å². The van der Waals surface area contributed by atoms with Crippen LogP contribution in [0, 0.1) is 0 Å². The number of rotatable bonds is 3. The van der Waals surface area contributed by atoms with Gasteiger partial charge in [0, 0.05) is 42.3 Å². The maximum atomic E-state index is 12.8. The molecule has 0 radical (unpaired) electrons. The standard InChI is InChI=1S/C19H15Cl2N3OS/c20-15-5-1-4-14(17(15)21)18-23-16(11-26-18)19(25)24-8-6-13(10-24)12-3-2-7-22-9-12/h1-5,7,9,11,13H,6,8,10H2. The average molecular weight is 404 g/mol. The summed E-state index contributed by atoms with van der Waals surface area (Å²) in [6.07, 6.45) is 4.58. The van der Waals surface area contributed by atoms with E-state index in [1.54, 1.807) is 17.6 Å². The van der Waals surface area contributed by atoms with Gasteiger partial charge in [0.2, 0.25) is 0 Å². The van der Waals surface area contributed by atoms with Crippen LogP contribution in [-0.4, -0.2) is 33.9 Å². The van der Waals surface area contributed by atoms with Crippen LogP contribution >= 0.6 is 34.5 Å². The van der Waals surface area contributed by atoms with E-state index in [4.69, 9.17) is 23.2 Å². The van der Waals surface area contributed by atoms with Crippen molar-refractivity contribution >= 4 is 40.4 Å². The van der Waals surface area contributed by atoms with Crippen molar-refractivity contribution in [2.75, 3.05) is 13.1 Å². The van der Waals surface area contributed by atoms with Crippen LogP contribution in [0.2, 0.25) is 10.0 Å². The van der Waals surface area contributed by atoms with Crippen LogP contribution in [0.5, 0.6) is 0 Å². The second kappa shape index (κ2) is 7.35. The molecule has 1 amide bonds. The molecule has 7 heteroatoms. The van der Waals surface area contributed by atoms with Crippen molar-refractivity contribution in [3.8, 4) is 10.6 Å². The zero-order valence-corrected chi connectivity index (χ0v) is 16.1. The predicted octanol–water partition coefficient (Wildman–Crippen LogP) is 5.14. The highest BCUT2D eigenvalue weighted by Crippen LogP contribution is 2.35. The van der Waals surface area contributed by atoms with E-state index in [0.29, 0.717) is 33.2 Å². The number of carbonyl (C=O) groups is 1. The Balaban J connectivity index is 1.51. The third kappa shape index (κ3) is 3.34. The molecule has 0 N–H and O–H groups in total. The van der Waals surface area contributed by atoms with Crippen LogP contribution in [0.15, 0.2) is 48.1 Å². The van der Waals surface area contributed by atoms with E-state index < -0.39 is 0 Å². The molecule has 1 unspecified atom stereocenters. The molecule has 0 saturated carbocycles. The Morgan fingerprint density at radius 2 is 2.12 bits per heavy atom. The van der Waals surface area contributed by atoms with Crippen molar-refractivity contribution in [2.45, 2.75) is 12.3 Å². The first-order valence-corrected chi connectivity index (χ1v) is 9.86. The minimum absolute atomic E-state index is 0.0444. The molecule has 0 spiro atoms. The number of nitrogens with zero attached hydrogens (tertiary/aromatic N) is 3. The lowest BCUT2D eigenvalue weighted by Gasteiger charge is -2.15. The lowest BCUT2D eigenvalue weighted by Crippen LogP contribution is -2.28. The molecule has 3 aromatic rings. The smallest absolute Gasteiger partial charge is 0.273 e. The van der Waals surface area contributed by atoms with Crippen molar-refractivity contribution in [3.63, 3.8) is 0 Å². The molecule has 0 bridgehead atoms. The molecule has 3 heterocycles. The molecule has 1 aliphatic rings. The Kier molecular flexibility index (Phi) is 4.94. The molecule has 4 rings (SSSR count). The zero-order chi connectivity index (χ0) is 18.1. The summed E-state index contributed by atoms with van der Waals surface area (Å²) in [6.45, 7) is 1.42. The Labute approximate surface area is 165 Å². The molecule has 132 valence electrons. The first kappa shape index (κ1) is 17.5. The van der Waals surface area contributed by atoms with Gasteiger partial charge in [0.05, 0.1) is 10.0 Å². The highest BCUT2D eigenvalue weighted by atomic mass is 35.5. The number of halogens is 2. The van der Waals surface area contributed by atoms with E-state index in [-0.39, 0.29) is 5.91 Å². The molecule has 2 aromatic heterocycles. The van der Waals surface area contributed by atoms with E-state index in [1.807, 2.05) is 29.3 Å². The first-order valence-electron chi connectivity index (χ1n) is 8.22. The first-order chi connectivity index (χ1) is 12.6. The van der Waals surface area contributed by atoms with Crippen molar-refractivity contribution in [1.82, 2.24) is 14.9 Å². The normalized spacial score (nSPS) is 16.8. The van der Waals surface area contributed by atoms with Crippen LogP contribution in [0.25, 0.3) is 10.6 Å². The molecule has 26 heavy (non-hydrogen) atoms. The molecule has 4 nitrogen and oxygen atoms in total. The Morgan fingerprint density at radius 3 is 2.92 bits per heavy atom. The molecular formula is C19H15Cl2N3OS. The van der Waals surface area contributed by atoms with Gasteiger partial charge in [-0.3, -0.25) is 9.78 Å². The monoisotopic (exact) mass is 403 g/mol. The zero-order valence-electron chi connectivity index (χ0n) is 13.7. The SMILES string of the molecule is O=C(c1csc(-c2cccc(Cl)c2Cl)n1)N1CCC(c2cccnc2)C1. The summed E-state index contributed by atoms with van der Waals surface area (Å²) in [5.74, 6) is 0.283. The maximum Gasteiger partial charge on any atom is 0.273 e. The number of likely N-dealkylation sites (tertiary alicyclic amines) is 1. The van der Waals surface area contributed by atoms with Crippen molar-refractivity contribution in [2.24, 2.45) is 0 Å². The van der Waals surface area contributed by atoms with E-state index in [1.165, 1.54) is 16.9 Å². The summed E-state index contributed by atoms with van der Waals surface area (Å²) < 4.78 is 0. The van der Waals surface area contributed by atoms with Gasteiger partial charge in [0.25, 0.3) is 5.91 Å². The summed E-state index contributed by atoms with van der Waals surface area (Å²) in [7, 11) is 0. The summed E-state index contributed by atoms with van der Waals surface area (Å²) in [5.41, 5.74) is 2.37. The van der Waals surface area contributed by atoms with Gasteiger partial charge in [-0.25, -0.2) is 4.98 Å². The Bertz CT molecular complexity index is 945. The van der Waals surface area contributed by atoms with Gasteiger partial charge in [-0.15, -0.1) is 11.3 Å². The van der Waals surface area contributed by atoms with Crippen molar-refractivity contribution < 1.29 is 4.79 Å². The molecule has 1 atom stereocenters. The average Bonchev–Trinajstić information content (AvgIpc) is 3.34. The van der Waals surface area contributed by atoms with Crippen molar-refractivity contribution in [3.05, 3.63) is 69.4 Å². The van der Waals surface area contributed by atoms with E-state index in [9.17, 15) is 4.79 Å². The fraction of sp³-hybridized carbons (Fsp3) is 0.211. The molecule has 0 aliphatic carbocycles. The van der Waals surface area contributed by atoms with Gasteiger partial charge in [-0.2, -0.15) is 0 Å². The number of benzene rings is 1. The van der Waals surface area contributed by atoms with E-state index in [0.717, 1.165) is 18.5 Å². The molecule has 1 saturated heterocycles. The van der Waals surface area contributed by atoms with Crippen molar-refractivity contribution in [1.29, 1.82) is 0 Å². The topological polar surface area (TPSA) is 46.1 Å². The maximum absolute atomic E-state index is 12.8.